The number of carboxylic acids is 1. The summed E-state index contributed by atoms with van der Waals surface area (Å²) in [4.78, 5) is 19.0. The average molecular weight is 375 g/mol. The van der Waals surface area contributed by atoms with E-state index in [9.17, 15) is 4.79 Å². The van der Waals surface area contributed by atoms with Gasteiger partial charge in [0.1, 0.15) is 0 Å². The Kier molecular flexibility index (Phi) is 5.91. The maximum Gasteiger partial charge on any atom is 0.335 e. The highest BCUT2D eigenvalue weighted by Crippen LogP contribution is 2.52. The molecule has 1 aliphatic rings. The predicted molar refractivity (Wildman–Crippen MR) is 112 cm³/mol. The average Bonchev–Trinajstić information content (AvgIpc) is 2.59. The van der Waals surface area contributed by atoms with Crippen molar-refractivity contribution in [2.24, 2.45) is 15.8 Å². The molecule has 0 heterocycles. The van der Waals surface area contributed by atoms with Crippen LogP contribution in [-0.2, 0) is 0 Å². The molecule has 0 saturated carbocycles. The Labute approximate surface area is 161 Å². The Morgan fingerprint density at radius 3 is 2.15 bits per heavy atom. The highest BCUT2D eigenvalue weighted by Gasteiger charge is 2.38. The van der Waals surface area contributed by atoms with Gasteiger partial charge in [0.25, 0.3) is 0 Å². The van der Waals surface area contributed by atoms with Gasteiger partial charge in [-0.1, -0.05) is 45.0 Å². The molecule has 1 aromatic rings. The van der Waals surface area contributed by atoms with Gasteiger partial charge in [-0.05, 0) is 59.8 Å². The van der Waals surface area contributed by atoms with Crippen molar-refractivity contribution in [3.63, 3.8) is 0 Å². The Morgan fingerprint density at radius 1 is 1.12 bits per heavy atom. The molecule has 0 saturated heterocycles. The van der Waals surface area contributed by atoms with Crippen molar-refractivity contribution >= 4 is 28.6 Å². The fourth-order valence-corrected chi connectivity index (χ4v) is 4.57. The fourth-order valence-electron chi connectivity index (χ4n) is 3.25. The third-order valence-electron chi connectivity index (χ3n) is 5.52. The van der Waals surface area contributed by atoms with Crippen LogP contribution in [0.2, 0.25) is 0 Å². The molecule has 4 nitrogen and oxygen atoms in total. The third-order valence-corrected chi connectivity index (χ3v) is 7.22. The van der Waals surface area contributed by atoms with Gasteiger partial charge in [0, 0.05) is 19.8 Å². The van der Waals surface area contributed by atoms with Crippen LogP contribution in [-0.4, -0.2) is 30.3 Å². The van der Waals surface area contributed by atoms with Crippen molar-refractivity contribution < 1.29 is 9.90 Å². The number of nitrogens with zero attached hydrogens (tertiary/aromatic N) is 2. The second-order valence-corrected chi connectivity index (χ2v) is 9.22. The number of anilines is 1. The summed E-state index contributed by atoms with van der Waals surface area (Å²) >= 11 is 1.74. The number of aliphatic imine (C=N–C) groups is 1. The number of thioether (sulfide) groups is 1. The zero-order valence-electron chi connectivity index (χ0n) is 16.9. The number of carboxylic acid groups (broad SMARTS) is 1. The summed E-state index contributed by atoms with van der Waals surface area (Å²) in [6.45, 7) is 11.5. The lowest BCUT2D eigenvalue weighted by Gasteiger charge is -2.42. The molecule has 1 aliphatic carbocycles. The molecule has 0 atom stereocenters. The van der Waals surface area contributed by atoms with Crippen LogP contribution in [0.1, 0.15) is 57.8 Å². The van der Waals surface area contributed by atoms with E-state index < -0.39 is 5.97 Å². The quantitative estimate of drug-likeness (QED) is 0.548. The number of hydrogen-bond donors (Lipinski definition) is 1. The minimum Gasteiger partial charge on any atom is -0.478 e. The van der Waals surface area contributed by atoms with Gasteiger partial charge in [0.15, 0.2) is 5.17 Å². The number of aromatic carboxylic acids is 1. The van der Waals surface area contributed by atoms with E-state index in [1.165, 1.54) is 16.9 Å². The smallest absolute Gasteiger partial charge is 0.335 e. The third kappa shape index (κ3) is 4.14. The van der Waals surface area contributed by atoms with Gasteiger partial charge in [0.05, 0.1) is 5.56 Å². The van der Waals surface area contributed by atoms with E-state index >= 15 is 0 Å². The number of allylic oxidation sites excluding steroid dienone is 2. The molecular formula is C21H30N2O2S. The van der Waals surface area contributed by atoms with Gasteiger partial charge in [-0.15, -0.1) is 0 Å². The molecule has 1 aromatic carbocycles. The Balaban J connectivity index is 2.32. The number of amidine groups is 1. The summed E-state index contributed by atoms with van der Waals surface area (Å²) in [5.41, 5.74) is 2.99. The minimum absolute atomic E-state index is 0.133. The number of hydrogen-bond acceptors (Lipinski definition) is 3. The zero-order valence-corrected chi connectivity index (χ0v) is 17.7. The van der Waals surface area contributed by atoms with Crippen LogP contribution >= 0.6 is 11.8 Å². The Morgan fingerprint density at radius 2 is 1.65 bits per heavy atom. The molecule has 0 aliphatic heterocycles. The van der Waals surface area contributed by atoms with Gasteiger partial charge in [-0.25, -0.2) is 4.79 Å². The summed E-state index contributed by atoms with van der Waals surface area (Å²) < 4.78 is 0. The van der Waals surface area contributed by atoms with E-state index in [1.54, 1.807) is 30.9 Å². The standard InChI is InChI=1S/C21H30N2O2S/c1-14-17(21(4,5)13-12-20(14,2)3)26-19(22-6)23(7)16-10-8-15(9-11-16)18(24)25/h8-11H,12-13H2,1-7H3,(H,24,25)/b22-19+. The summed E-state index contributed by atoms with van der Waals surface area (Å²) in [6, 6.07) is 6.91. The lowest BCUT2D eigenvalue weighted by atomic mass is 9.68. The Bertz CT molecular complexity index is 746. The minimum atomic E-state index is -0.912. The second-order valence-electron chi connectivity index (χ2n) is 8.24. The first-order valence-corrected chi connectivity index (χ1v) is 9.75. The van der Waals surface area contributed by atoms with Crippen LogP contribution in [0.25, 0.3) is 0 Å². The number of benzene rings is 1. The first-order valence-electron chi connectivity index (χ1n) is 8.93. The van der Waals surface area contributed by atoms with Gasteiger partial charge in [-0.2, -0.15) is 0 Å². The van der Waals surface area contributed by atoms with Crippen LogP contribution in [0, 0.1) is 10.8 Å². The van der Waals surface area contributed by atoms with E-state index in [1.807, 2.05) is 24.1 Å². The van der Waals surface area contributed by atoms with Gasteiger partial charge >= 0.3 is 5.97 Å². The predicted octanol–water partition coefficient (Wildman–Crippen LogP) is 5.66. The van der Waals surface area contributed by atoms with Crippen LogP contribution in [0.3, 0.4) is 0 Å². The van der Waals surface area contributed by atoms with Gasteiger partial charge in [-0.3, -0.25) is 4.99 Å². The van der Waals surface area contributed by atoms with E-state index in [-0.39, 0.29) is 10.8 Å². The fraction of sp³-hybridized carbons (Fsp3) is 0.524. The van der Waals surface area contributed by atoms with E-state index in [0.29, 0.717) is 5.56 Å². The van der Waals surface area contributed by atoms with E-state index in [2.05, 4.69) is 39.6 Å². The topological polar surface area (TPSA) is 52.9 Å². The summed E-state index contributed by atoms with van der Waals surface area (Å²) in [6.07, 6.45) is 2.36. The van der Waals surface area contributed by atoms with E-state index in [4.69, 9.17) is 5.11 Å². The SMILES string of the molecule is C/N=C(/SC1=C(C)C(C)(C)CCC1(C)C)N(C)c1ccc(C(=O)O)cc1. The van der Waals surface area contributed by atoms with Crippen molar-refractivity contribution in [3.8, 4) is 0 Å². The van der Waals surface area contributed by atoms with Gasteiger partial charge in [0.2, 0.25) is 0 Å². The van der Waals surface area contributed by atoms with Gasteiger partial charge < -0.3 is 10.0 Å². The Hall–Kier alpha value is -1.75. The van der Waals surface area contributed by atoms with Crippen LogP contribution in [0.5, 0.6) is 0 Å². The monoisotopic (exact) mass is 374 g/mol. The molecule has 26 heavy (non-hydrogen) atoms. The molecule has 0 unspecified atom stereocenters. The molecule has 5 heteroatoms. The lowest BCUT2D eigenvalue weighted by Crippen LogP contribution is -2.31. The highest BCUT2D eigenvalue weighted by molar-refractivity contribution is 8.17. The molecule has 142 valence electrons. The molecule has 0 bridgehead atoms. The summed E-state index contributed by atoms with van der Waals surface area (Å²) in [5.74, 6) is -0.912. The number of rotatable bonds is 3. The largest absolute Gasteiger partial charge is 0.478 e. The summed E-state index contributed by atoms with van der Waals surface area (Å²) in [5, 5.41) is 9.98. The molecule has 0 amide bonds. The molecular weight excluding hydrogens is 344 g/mol. The molecule has 0 radical (unpaired) electrons. The maximum absolute atomic E-state index is 11.1. The number of carbonyl (C=O) groups is 1. The van der Waals surface area contributed by atoms with Crippen LogP contribution < -0.4 is 4.90 Å². The first-order chi connectivity index (χ1) is 12.0. The van der Waals surface area contributed by atoms with Crippen LogP contribution in [0.4, 0.5) is 5.69 Å². The molecule has 0 fully saturated rings. The molecule has 0 spiro atoms. The second kappa shape index (κ2) is 7.47. The van der Waals surface area contributed by atoms with Crippen LogP contribution in [0.15, 0.2) is 39.7 Å². The molecule has 2 rings (SSSR count). The molecule has 1 N–H and O–H groups in total. The normalized spacial score (nSPS) is 19.4. The van der Waals surface area contributed by atoms with Crippen molar-refractivity contribution in [3.05, 3.63) is 40.3 Å². The molecule has 0 aromatic heterocycles. The van der Waals surface area contributed by atoms with Crippen molar-refractivity contribution in [2.75, 3.05) is 19.0 Å². The lowest BCUT2D eigenvalue weighted by molar-refractivity contribution is 0.0697. The van der Waals surface area contributed by atoms with Crippen molar-refractivity contribution in [2.45, 2.75) is 47.5 Å². The summed E-state index contributed by atoms with van der Waals surface area (Å²) in [7, 11) is 3.78. The van der Waals surface area contributed by atoms with Crippen molar-refractivity contribution in [1.82, 2.24) is 0 Å². The highest BCUT2D eigenvalue weighted by atomic mass is 32.2. The van der Waals surface area contributed by atoms with Crippen molar-refractivity contribution in [1.29, 1.82) is 0 Å². The maximum atomic E-state index is 11.1. The van der Waals surface area contributed by atoms with E-state index in [0.717, 1.165) is 17.3 Å². The first kappa shape index (κ1) is 20.6. The zero-order chi connectivity index (χ0) is 19.7.